The van der Waals surface area contributed by atoms with Gasteiger partial charge in [0.15, 0.2) is 0 Å². The molecule has 3 atom stereocenters. The Kier molecular flexibility index (Phi) is 10.9. The third-order valence-corrected chi connectivity index (χ3v) is 19.6. The van der Waals surface area contributed by atoms with Gasteiger partial charge in [-0.05, 0) is 183 Å². The molecule has 0 amide bonds. The molecule has 0 saturated carbocycles. The molecule has 0 fully saturated rings. The molecule has 13 rings (SSSR count). The van der Waals surface area contributed by atoms with Crippen LogP contribution < -0.4 is 20.7 Å². The Labute approximate surface area is 448 Å². The Morgan fingerprint density at radius 3 is 2.03 bits per heavy atom. The molecular weight excluding hydrogens is 904 g/mol. The highest BCUT2D eigenvalue weighted by molar-refractivity contribution is 6.95. The lowest BCUT2D eigenvalue weighted by molar-refractivity contribution is 0.378. The molecule has 75 heavy (non-hydrogen) atoms. The number of benzene rings is 7. The molecule has 3 heteroatoms. The van der Waals surface area contributed by atoms with Crippen molar-refractivity contribution in [2.75, 3.05) is 16.8 Å². The molecule has 3 unspecified atom stereocenters. The molecule has 7 aromatic rings. The lowest BCUT2D eigenvalue weighted by Crippen LogP contribution is -2.53. The summed E-state index contributed by atoms with van der Waals surface area (Å²) >= 11 is 0. The molecule has 0 radical (unpaired) electrons. The van der Waals surface area contributed by atoms with Gasteiger partial charge in [0.05, 0.1) is 0 Å². The maximum atomic E-state index is 5.43. The van der Waals surface area contributed by atoms with Crippen molar-refractivity contribution in [3.63, 3.8) is 0 Å². The molecule has 7 aromatic carbocycles. The van der Waals surface area contributed by atoms with Crippen LogP contribution in [0.5, 0.6) is 0 Å². The summed E-state index contributed by atoms with van der Waals surface area (Å²) in [7, 11) is 2.33. The van der Waals surface area contributed by atoms with E-state index in [1.807, 2.05) is 0 Å². The number of hydrogen-bond donors (Lipinski definition) is 0. The van der Waals surface area contributed by atoms with Crippen molar-refractivity contribution in [3.8, 4) is 22.3 Å². The first-order valence-electron chi connectivity index (χ1n) is 28.2. The molecule has 1 heterocycles. The summed E-state index contributed by atoms with van der Waals surface area (Å²) in [5.74, 6) is 0.820. The Balaban J connectivity index is 1.10. The Bertz CT molecular complexity index is 3630. The SMILES string of the molecule is C=C(B1c2cc3c(cc2N(c2ccc4c(c2)C(C)(C)c2ccccc2-4)c2cc(C)cc(N(C)c4ccc5c(c4)C(C)(C)c4ccccc4-5)c21)CCC3(c1ccccc1)C1C=CC=CC1)C1=C(C(C)CC)CC(C)(C)C1. The van der Waals surface area contributed by atoms with E-state index in [1.165, 1.54) is 117 Å². The summed E-state index contributed by atoms with van der Waals surface area (Å²) in [5.41, 5.74) is 29.7. The molecule has 0 bridgehead atoms. The lowest BCUT2D eigenvalue weighted by atomic mass is 9.33. The van der Waals surface area contributed by atoms with E-state index in [2.05, 4.69) is 243 Å². The fourth-order valence-electron chi connectivity index (χ4n) is 15.5. The van der Waals surface area contributed by atoms with Gasteiger partial charge in [-0.1, -0.05) is 193 Å². The van der Waals surface area contributed by atoms with Gasteiger partial charge < -0.3 is 9.80 Å². The van der Waals surface area contributed by atoms with Gasteiger partial charge in [0.25, 0.3) is 0 Å². The quantitative estimate of drug-likeness (QED) is 0.133. The first kappa shape index (κ1) is 47.8. The van der Waals surface area contributed by atoms with Crippen LogP contribution in [0.2, 0.25) is 0 Å². The minimum atomic E-state index is -0.175. The predicted molar refractivity (Wildman–Crippen MR) is 321 cm³/mol. The molecule has 0 aromatic heterocycles. The van der Waals surface area contributed by atoms with Crippen LogP contribution in [0.15, 0.2) is 187 Å². The van der Waals surface area contributed by atoms with Gasteiger partial charge in [-0.15, -0.1) is 6.58 Å². The first-order chi connectivity index (χ1) is 36.0. The smallest absolute Gasteiger partial charge is 0.249 e. The second-order valence-corrected chi connectivity index (χ2v) is 25.3. The average Bonchev–Trinajstić information content (AvgIpc) is 4.11. The Hall–Kier alpha value is -6.84. The van der Waals surface area contributed by atoms with Crippen LogP contribution >= 0.6 is 0 Å². The van der Waals surface area contributed by atoms with Crippen molar-refractivity contribution in [1.82, 2.24) is 0 Å². The van der Waals surface area contributed by atoms with Crippen LogP contribution in [-0.2, 0) is 22.7 Å². The summed E-state index contributed by atoms with van der Waals surface area (Å²) in [4.78, 5) is 5.22. The topological polar surface area (TPSA) is 6.48 Å². The number of rotatable bonds is 9. The summed E-state index contributed by atoms with van der Waals surface area (Å²) in [6.07, 6.45) is 15.9. The fraction of sp³-hybridized carbons (Fsp3) is 0.306. The molecule has 374 valence electrons. The van der Waals surface area contributed by atoms with Crippen LogP contribution in [0.1, 0.15) is 132 Å². The van der Waals surface area contributed by atoms with Crippen LogP contribution in [0.3, 0.4) is 0 Å². The van der Waals surface area contributed by atoms with E-state index in [-0.39, 0.29) is 28.4 Å². The van der Waals surface area contributed by atoms with Crippen LogP contribution in [0.25, 0.3) is 22.3 Å². The minimum absolute atomic E-state index is 0.0985. The van der Waals surface area contributed by atoms with Gasteiger partial charge in [-0.2, -0.15) is 0 Å². The molecule has 1 aliphatic heterocycles. The van der Waals surface area contributed by atoms with E-state index < -0.39 is 0 Å². The zero-order valence-corrected chi connectivity index (χ0v) is 46.2. The molecule has 0 saturated heterocycles. The maximum absolute atomic E-state index is 5.43. The molecule has 2 nitrogen and oxygen atoms in total. The monoisotopic (exact) mass is 977 g/mol. The van der Waals surface area contributed by atoms with E-state index in [0.29, 0.717) is 11.8 Å². The highest BCUT2D eigenvalue weighted by Gasteiger charge is 2.50. The molecule has 5 aliphatic carbocycles. The van der Waals surface area contributed by atoms with Crippen LogP contribution in [0, 0.1) is 24.2 Å². The van der Waals surface area contributed by atoms with Gasteiger partial charge in [0.2, 0.25) is 6.71 Å². The molecule has 0 spiro atoms. The van der Waals surface area contributed by atoms with Gasteiger partial charge in [-0.25, -0.2) is 0 Å². The van der Waals surface area contributed by atoms with E-state index in [9.17, 15) is 0 Å². The number of nitrogens with zero attached hydrogens (tertiary/aromatic N) is 2. The average molecular weight is 977 g/mol. The molecular formula is C72H73BN2. The van der Waals surface area contributed by atoms with Gasteiger partial charge in [-0.3, -0.25) is 0 Å². The van der Waals surface area contributed by atoms with Crippen molar-refractivity contribution in [2.24, 2.45) is 17.3 Å². The van der Waals surface area contributed by atoms with E-state index in [0.717, 1.165) is 38.5 Å². The van der Waals surface area contributed by atoms with Crippen molar-refractivity contribution in [1.29, 1.82) is 0 Å². The minimum Gasteiger partial charge on any atom is -0.345 e. The molecule has 6 aliphatic rings. The third-order valence-electron chi connectivity index (χ3n) is 19.6. The summed E-state index contributed by atoms with van der Waals surface area (Å²) in [5, 5.41) is 0. The number of anilines is 5. The fourth-order valence-corrected chi connectivity index (χ4v) is 15.5. The summed E-state index contributed by atoms with van der Waals surface area (Å²) in [6, 6.07) is 54.7. The van der Waals surface area contributed by atoms with Gasteiger partial charge in [0, 0.05) is 51.7 Å². The molecule has 0 N–H and O–H groups in total. The number of aryl methyl sites for hydroxylation is 2. The number of allylic oxidation sites excluding steroid dienone is 7. The first-order valence-corrected chi connectivity index (χ1v) is 28.2. The normalized spacial score (nSPS) is 21.0. The third kappa shape index (κ3) is 7.05. The van der Waals surface area contributed by atoms with E-state index in [4.69, 9.17) is 6.58 Å². The van der Waals surface area contributed by atoms with Crippen LogP contribution in [-0.4, -0.2) is 13.8 Å². The van der Waals surface area contributed by atoms with Crippen molar-refractivity contribution < 1.29 is 0 Å². The summed E-state index contributed by atoms with van der Waals surface area (Å²) in [6.45, 7) is 27.1. The number of hydrogen-bond acceptors (Lipinski definition) is 2. The zero-order chi connectivity index (χ0) is 51.9. The van der Waals surface area contributed by atoms with Gasteiger partial charge >= 0.3 is 0 Å². The zero-order valence-electron chi connectivity index (χ0n) is 46.2. The second kappa shape index (κ2) is 17.1. The van der Waals surface area contributed by atoms with Gasteiger partial charge in [0.1, 0.15) is 0 Å². The van der Waals surface area contributed by atoms with Crippen molar-refractivity contribution >= 4 is 46.1 Å². The van der Waals surface area contributed by atoms with Crippen molar-refractivity contribution in [3.05, 3.63) is 232 Å². The standard InChI is InChI=1S/C72H73BN2/c1-12-46(3)57-43-69(5,6)44-58(57)47(4)73-64-42-61-48(35-36-72(61,49-23-15-13-16-24-49)50-25-17-14-18-26-50)39-65(64)75(52-32-34-56-54-28-20-22-30-60(54)71(9,10)63(56)41-52)67-38-45(2)37-66(68(67)73)74(11)51-31-33-55-53-27-19-21-29-59(53)70(7,8)62(55)40-51/h13-25,27-34,37-42,46,50H,4,12,26,35-36,43-44H2,1-3,5-11H3. The predicted octanol–water partition coefficient (Wildman–Crippen LogP) is 17.4. The lowest BCUT2D eigenvalue weighted by Gasteiger charge is -2.43. The Morgan fingerprint density at radius 1 is 0.693 bits per heavy atom. The van der Waals surface area contributed by atoms with Crippen LogP contribution in [0.4, 0.5) is 28.4 Å². The highest BCUT2D eigenvalue weighted by Crippen LogP contribution is 2.57. The van der Waals surface area contributed by atoms with Crippen molar-refractivity contribution in [2.45, 2.75) is 117 Å². The number of fused-ring (bicyclic) bond motifs is 9. The van der Waals surface area contributed by atoms with E-state index in [1.54, 1.807) is 5.57 Å². The second-order valence-electron chi connectivity index (χ2n) is 25.3. The maximum Gasteiger partial charge on any atom is 0.249 e. The summed E-state index contributed by atoms with van der Waals surface area (Å²) < 4.78 is 0. The highest BCUT2D eigenvalue weighted by atomic mass is 15.2. The Morgan fingerprint density at radius 2 is 1.35 bits per heavy atom. The largest absolute Gasteiger partial charge is 0.345 e. The van der Waals surface area contributed by atoms with E-state index >= 15 is 0 Å².